The molecule has 0 spiro atoms. The van der Waals surface area contributed by atoms with Gasteiger partial charge in [-0.2, -0.15) is 0 Å². The SMILES string of the molecule is CCCC1CCC(C(C)c2ccc3c(c2)OC(=O)C(C)C3)CC1. The summed E-state index contributed by atoms with van der Waals surface area (Å²) >= 11 is 0. The van der Waals surface area contributed by atoms with Crippen molar-refractivity contribution in [1.82, 2.24) is 0 Å². The quantitative estimate of drug-likeness (QED) is 0.542. The fourth-order valence-corrected chi connectivity index (χ4v) is 4.40. The largest absolute Gasteiger partial charge is 0.426 e. The Labute approximate surface area is 140 Å². The maximum absolute atomic E-state index is 11.8. The van der Waals surface area contributed by atoms with Crippen molar-refractivity contribution in [1.29, 1.82) is 0 Å². The zero-order valence-electron chi connectivity index (χ0n) is 14.8. The van der Waals surface area contributed by atoms with Gasteiger partial charge in [0.2, 0.25) is 0 Å². The number of carbonyl (C=O) groups is 1. The molecule has 2 heteroatoms. The lowest BCUT2D eigenvalue weighted by Crippen LogP contribution is -2.25. The number of carbonyl (C=O) groups excluding carboxylic acids is 1. The molecule has 3 rings (SSSR count). The van der Waals surface area contributed by atoms with Crippen LogP contribution in [0.3, 0.4) is 0 Å². The zero-order valence-corrected chi connectivity index (χ0v) is 14.8. The van der Waals surface area contributed by atoms with Gasteiger partial charge in [0, 0.05) is 0 Å². The summed E-state index contributed by atoms with van der Waals surface area (Å²) in [5, 5.41) is 0. The molecule has 1 saturated carbocycles. The first-order valence-corrected chi connectivity index (χ1v) is 9.43. The Kier molecular flexibility index (Phi) is 5.08. The minimum absolute atomic E-state index is 0.0142. The third-order valence-electron chi connectivity index (χ3n) is 6.05. The Morgan fingerprint density at radius 1 is 1.22 bits per heavy atom. The van der Waals surface area contributed by atoms with E-state index < -0.39 is 0 Å². The summed E-state index contributed by atoms with van der Waals surface area (Å²) in [6.45, 7) is 6.58. The molecule has 0 radical (unpaired) electrons. The van der Waals surface area contributed by atoms with Crippen LogP contribution in [0.2, 0.25) is 0 Å². The molecule has 1 heterocycles. The van der Waals surface area contributed by atoms with Crippen LogP contribution < -0.4 is 4.74 Å². The van der Waals surface area contributed by atoms with Crippen LogP contribution >= 0.6 is 0 Å². The number of ether oxygens (including phenoxy) is 1. The summed E-state index contributed by atoms with van der Waals surface area (Å²) in [5.74, 6) is 2.99. The lowest BCUT2D eigenvalue weighted by molar-refractivity contribution is -0.139. The van der Waals surface area contributed by atoms with Crippen molar-refractivity contribution in [2.24, 2.45) is 17.8 Å². The van der Waals surface area contributed by atoms with Crippen LogP contribution in [0.15, 0.2) is 18.2 Å². The topological polar surface area (TPSA) is 26.3 Å². The predicted octanol–water partition coefficient (Wildman–Crippen LogP) is 5.49. The van der Waals surface area contributed by atoms with Gasteiger partial charge in [-0.3, -0.25) is 4.79 Å². The number of rotatable bonds is 4. The molecular formula is C21H30O2. The number of benzene rings is 1. The van der Waals surface area contributed by atoms with Gasteiger partial charge in [0.1, 0.15) is 5.75 Å². The average Bonchev–Trinajstić information content (AvgIpc) is 2.56. The van der Waals surface area contributed by atoms with Crippen molar-refractivity contribution >= 4 is 5.97 Å². The standard InChI is InChI=1S/C21H30O2/c1-4-5-16-6-8-17(9-7-16)15(3)18-10-11-19-12-14(2)21(22)23-20(19)13-18/h10-11,13-17H,4-9,12H2,1-3H3. The van der Waals surface area contributed by atoms with E-state index in [4.69, 9.17) is 4.74 Å². The van der Waals surface area contributed by atoms with Gasteiger partial charge >= 0.3 is 5.97 Å². The molecular weight excluding hydrogens is 284 g/mol. The van der Waals surface area contributed by atoms with Crippen molar-refractivity contribution < 1.29 is 9.53 Å². The lowest BCUT2D eigenvalue weighted by atomic mass is 9.73. The van der Waals surface area contributed by atoms with E-state index in [9.17, 15) is 4.79 Å². The monoisotopic (exact) mass is 314 g/mol. The van der Waals surface area contributed by atoms with Crippen molar-refractivity contribution in [3.63, 3.8) is 0 Å². The molecule has 23 heavy (non-hydrogen) atoms. The Hall–Kier alpha value is -1.31. The Bertz CT molecular complexity index is 555. The summed E-state index contributed by atoms with van der Waals surface area (Å²) in [5.41, 5.74) is 2.52. The van der Waals surface area contributed by atoms with Crippen molar-refractivity contribution in [2.45, 2.75) is 71.6 Å². The molecule has 1 fully saturated rings. The van der Waals surface area contributed by atoms with Crippen LogP contribution in [0.1, 0.15) is 76.3 Å². The first-order chi connectivity index (χ1) is 11.1. The summed E-state index contributed by atoms with van der Waals surface area (Å²) < 4.78 is 5.53. The average molecular weight is 314 g/mol. The summed E-state index contributed by atoms with van der Waals surface area (Å²) in [6.07, 6.45) is 9.00. The second-order valence-electron chi connectivity index (χ2n) is 7.75. The highest BCUT2D eigenvalue weighted by molar-refractivity contribution is 5.77. The summed E-state index contributed by atoms with van der Waals surface area (Å²) in [7, 11) is 0. The Morgan fingerprint density at radius 2 is 1.96 bits per heavy atom. The fourth-order valence-electron chi connectivity index (χ4n) is 4.40. The molecule has 1 aliphatic carbocycles. The Balaban J connectivity index is 1.68. The van der Waals surface area contributed by atoms with Gasteiger partial charge in [0.05, 0.1) is 5.92 Å². The maximum atomic E-state index is 11.8. The smallest absolute Gasteiger partial charge is 0.314 e. The van der Waals surface area contributed by atoms with Crippen molar-refractivity contribution in [2.75, 3.05) is 0 Å². The molecule has 2 nitrogen and oxygen atoms in total. The van der Waals surface area contributed by atoms with E-state index in [2.05, 4.69) is 32.0 Å². The molecule has 2 aliphatic rings. The Morgan fingerprint density at radius 3 is 2.65 bits per heavy atom. The molecule has 1 aromatic rings. The highest BCUT2D eigenvalue weighted by atomic mass is 16.5. The van der Waals surface area contributed by atoms with Gasteiger partial charge in [-0.15, -0.1) is 0 Å². The minimum atomic E-state index is -0.0811. The molecule has 2 atom stereocenters. The summed E-state index contributed by atoms with van der Waals surface area (Å²) in [6, 6.07) is 6.56. The van der Waals surface area contributed by atoms with Crippen molar-refractivity contribution in [3.8, 4) is 5.75 Å². The molecule has 0 saturated heterocycles. The van der Waals surface area contributed by atoms with E-state index in [0.717, 1.165) is 24.0 Å². The van der Waals surface area contributed by atoms with Gasteiger partial charge in [0.15, 0.2) is 0 Å². The molecule has 1 aliphatic heterocycles. The summed E-state index contributed by atoms with van der Waals surface area (Å²) in [4.78, 5) is 11.8. The lowest BCUT2D eigenvalue weighted by Gasteiger charge is -2.33. The fraction of sp³-hybridized carbons (Fsp3) is 0.667. The number of hydrogen-bond acceptors (Lipinski definition) is 2. The second-order valence-corrected chi connectivity index (χ2v) is 7.75. The van der Waals surface area contributed by atoms with Gasteiger partial charge in [-0.1, -0.05) is 58.6 Å². The van der Waals surface area contributed by atoms with E-state index in [1.165, 1.54) is 49.7 Å². The third kappa shape index (κ3) is 3.62. The van der Waals surface area contributed by atoms with E-state index in [0.29, 0.717) is 5.92 Å². The maximum Gasteiger partial charge on any atom is 0.314 e. The van der Waals surface area contributed by atoms with E-state index in [1.54, 1.807) is 0 Å². The molecule has 0 bridgehead atoms. The van der Waals surface area contributed by atoms with Crippen LogP contribution in [-0.2, 0) is 11.2 Å². The van der Waals surface area contributed by atoms with Crippen LogP contribution in [0, 0.1) is 17.8 Å². The zero-order chi connectivity index (χ0) is 16.4. The van der Waals surface area contributed by atoms with Gasteiger partial charge < -0.3 is 4.74 Å². The molecule has 0 aromatic heterocycles. The van der Waals surface area contributed by atoms with Gasteiger partial charge in [-0.05, 0) is 54.2 Å². The van der Waals surface area contributed by atoms with Crippen molar-refractivity contribution in [3.05, 3.63) is 29.3 Å². The number of fused-ring (bicyclic) bond motifs is 1. The molecule has 126 valence electrons. The predicted molar refractivity (Wildman–Crippen MR) is 93.7 cm³/mol. The van der Waals surface area contributed by atoms with Gasteiger partial charge in [0.25, 0.3) is 0 Å². The first kappa shape index (κ1) is 16.5. The molecule has 2 unspecified atom stereocenters. The highest BCUT2D eigenvalue weighted by Crippen LogP contribution is 2.41. The number of hydrogen-bond donors (Lipinski definition) is 0. The van der Waals surface area contributed by atoms with E-state index >= 15 is 0 Å². The van der Waals surface area contributed by atoms with E-state index in [-0.39, 0.29) is 11.9 Å². The van der Waals surface area contributed by atoms with Crippen LogP contribution in [0.25, 0.3) is 0 Å². The molecule has 1 aromatic carbocycles. The normalized spacial score (nSPS) is 28.8. The van der Waals surface area contributed by atoms with Crippen LogP contribution in [-0.4, -0.2) is 5.97 Å². The third-order valence-corrected chi connectivity index (χ3v) is 6.05. The molecule has 0 amide bonds. The molecule has 0 N–H and O–H groups in total. The van der Waals surface area contributed by atoms with Crippen LogP contribution in [0.4, 0.5) is 0 Å². The minimum Gasteiger partial charge on any atom is -0.426 e. The second kappa shape index (κ2) is 7.07. The van der Waals surface area contributed by atoms with Gasteiger partial charge in [-0.25, -0.2) is 0 Å². The first-order valence-electron chi connectivity index (χ1n) is 9.43. The highest BCUT2D eigenvalue weighted by Gasteiger charge is 2.28. The van der Waals surface area contributed by atoms with Crippen LogP contribution in [0.5, 0.6) is 5.75 Å². The van der Waals surface area contributed by atoms with E-state index in [1.807, 2.05) is 6.92 Å². The number of esters is 1.